The lowest BCUT2D eigenvalue weighted by Crippen LogP contribution is -2.40. The number of nitrogens with zero attached hydrogens (tertiary/aromatic N) is 1. The van der Waals surface area contributed by atoms with Crippen molar-refractivity contribution in [3.8, 4) is 16.9 Å². The second-order valence-electron chi connectivity index (χ2n) is 8.97. The Morgan fingerprint density at radius 2 is 1.63 bits per heavy atom. The van der Waals surface area contributed by atoms with Gasteiger partial charge in [0.25, 0.3) is 5.91 Å². The van der Waals surface area contributed by atoms with Gasteiger partial charge >= 0.3 is 12.3 Å². The van der Waals surface area contributed by atoms with Crippen molar-refractivity contribution in [3.05, 3.63) is 53.6 Å². The van der Waals surface area contributed by atoms with Crippen LogP contribution >= 0.6 is 0 Å². The normalized spacial score (nSPS) is 14.4. The molecule has 7 nitrogen and oxygen atoms in total. The lowest BCUT2D eigenvalue weighted by molar-refractivity contribution is -0.138. The Hall–Kier alpha value is -3.27. The maximum absolute atomic E-state index is 13.7. The molecule has 0 aliphatic carbocycles. The zero-order valence-electron chi connectivity index (χ0n) is 19.9. The van der Waals surface area contributed by atoms with E-state index in [1.54, 1.807) is 49.9 Å². The molecule has 0 aromatic heterocycles. The number of alkyl carbamates (subject to hydrolysis) is 1. The summed E-state index contributed by atoms with van der Waals surface area (Å²) in [4.78, 5) is 25.9. The topological polar surface area (TPSA) is 77.1 Å². The van der Waals surface area contributed by atoms with E-state index in [0.29, 0.717) is 43.0 Å². The van der Waals surface area contributed by atoms with E-state index in [4.69, 9.17) is 14.2 Å². The molecule has 1 aliphatic heterocycles. The van der Waals surface area contributed by atoms with Gasteiger partial charge in [-0.2, -0.15) is 13.2 Å². The zero-order valence-corrected chi connectivity index (χ0v) is 19.9. The number of amides is 2. The van der Waals surface area contributed by atoms with E-state index < -0.39 is 23.4 Å². The predicted octanol–water partition coefficient (Wildman–Crippen LogP) is 4.75. The minimum atomic E-state index is -4.64. The number of hydrogen-bond donors (Lipinski definition) is 1. The zero-order chi connectivity index (χ0) is 25.6. The summed E-state index contributed by atoms with van der Waals surface area (Å²) in [6, 6.07) is 10.2. The van der Waals surface area contributed by atoms with E-state index in [9.17, 15) is 22.8 Å². The quantitative estimate of drug-likeness (QED) is 0.587. The molecule has 1 heterocycles. The van der Waals surface area contributed by atoms with Gasteiger partial charge in [-0.25, -0.2) is 4.79 Å². The van der Waals surface area contributed by atoms with Crippen molar-refractivity contribution in [1.29, 1.82) is 0 Å². The van der Waals surface area contributed by atoms with Gasteiger partial charge in [0, 0.05) is 18.7 Å². The average Bonchev–Trinajstić information content (AvgIpc) is 2.80. The Morgan fingerprint density at radius 3 is 2.23 bits per heavy atom. The fourth-order valence-corrected chi connectivity index (χ4v) is 3.44. The second kappa shape index (κ2) is 11.0. The number of ether oxygens (including phenoxy) is 3. The molecule has 0 bridgehead atoms. The van der Waals surface area contributed by atoms with Gasteiger partial charge in [0.05, 0.1) is 25.3 Å². The maximum atomic E-state index is 13.7. The summed E-state index contributed by atoms with van der Waals surface area (Å²) in [5, 5.41) is 2.44. The van der Waals surface area contributed by atoms with Gasteiger partial charge < -0.3 is 24.4 Å². The first-order valence-corrected chi connectivity index (χ1v) is 11.2. The number of nitrogens with one attached hydrogen (secondary N) is 1. The van der Waals surface area contributed by atoms with Crippen LogP contribution in [0.5, 0.6) is 5.75 Å². The van der Waals surface area contributed by atoms with Crippen molar-refractivity contribution in [3.63, 3.8) is 0 Å². The van der Waals surface area contributed by atoms with Gasteiger partial charge in [0.15, 0.2) is 0 Å². The number of rotatable bonds is 6. The highest BCUT2D eigenvalue weighted by Crippen LogP contribution is 2.39. The van der Waals surface area contributed by atoms with Gasteiger partial charge in [-0.3, -0.25) is 4.79 Å². The second-order valence-corrected chi connectivity index (χ2v) is 8.97. The van der Waals surface area contributed by atoms with Gasteiger partial charge in [0.2, 0.25) is 0 Å². The molecule has 2 aromatic carbocycles. The largest absolute Gasteiger partial charge is 0.491 e. The van der Waals surface area contributed by atoms with Crippen LogP contribution in [0.1, 0.15) is 36.7 Å². The monoisotopic (exact) mass is 494 g/mol. The van der Waals surface area contributed by atoms with Crippen LogP contribution in [0.2, 0.25) is 0 Å². The van der Waals surface area contributed by atoms with Crippen molar-refractivity contribution in [2.75, 3.05) is 39.5 Å². The lowest BCUT2D eigenvalue weighted by atomic mass is 10.0. The lowest BCUT2D eigenvalue weighted by Gasteiger charge is -2.26. The van der Waals surface area contributed by atoms with Crippen LogP contribution < -0.4 is 10.1 Å². The first-order chi connectivity index (χ1) is 16.4. The van der Waals surface area contributed by atoms with E-state index in [0.717, 1.165) is 6.07 Å². The van der Waals surface area contributed by atoms with Crippen molar-refractivity contribution in [2.24, 2.45) is 0 Å². The molecular formula is C25H29F3N2O5. The molecule has 0 saturated carbocycles. The molecule has 1 saturated heterocycles. The van der Waals surface area contributed by atoms with Crippen LogP contribution in [0.15, 0.2) is 42.5 Å². The molecule has 1 N–H and O–H groups in total. The first kappa shape index (κ1) is 26.3. The highest BCUT2D eigenvalue weighted by atomic mass is 19.4. The highest BCUT2D eigenvalue weighted by molar-refractivity contribution is 5.94. The van der Waals surface area contributed by atoms with E-state index in [-0.39, 0.29) is 24.8 Å². The smallest absolute Gasteiger partial charge is 0.419 e. The summed E-state index contributed by atoms with van der Waals surface area (Å²) in [5.74, 6) is -0.481. The number of carbonyl (C=O) groups excluding carboxylic acids is 2. The third-order valence-electron chi connectivity index (χ3n) is 5.08. The third kappa shape index (κ3) is 7.61. The number of hydrogen-bond acceptors (Lipinski definition) is 5. The van der Waals surface area contributed by atoms with Crippen molar-refractivity contribution < 1.29 is 37.0 Å². The van der Waals surface area contributed by atoms with E-state index in [1.165, 1.54) is 12.1 Å². The van der Waals surface area contributed by atoms with E-state index in [2.05, 4.69) is 5.32 Å². The Bertz CT molecular complexity index is 1030. The van der Waals surface area contributed by atoms with Gasteiger partial charge in [-0.05, 0) is 56.2 Å². The van der Waals surface area contributed by atoms with Crippen molar-refractivity contribution in [1.82, 2.24) is 10.2 Å². The van der Waals surface area contributed by atoms with Gasteiger partial charge in [-0.15, -0.1) is 0 Å². The Labute approximate surface area is 202 Å². The summed E-state index contributed by atoms with van der Waals surface area (Å²) in [7, 11) is 0. The molecule has 10 heteroatoms. The summed E-state index contributed by atoms with van der Waals surface area (Å²) >= 11 is 0. The molecule has 0 unspecified atom stereocenters. The molecule has 2 amide bonds. The summed E-state index contributed by atoms with van der Waals surface area (Å²) in [5.41, 5.74) is -0.280. The molecular weight excluding hydrogens is 465 g/mol. The van der Waals surface area contributed by atoms with Crippen LogP contribution in [-0.2, 0) is 15.7 Å². The van der Waals surface area contributed by atoms with E-state index in [1.807, 2.05) is 0 Å². The van der Waals surface area contributed by atoms with E-state index >= 15 is 0 Å². The van der Waals surface area contributed by atoms with Crippen LogP contribution in [-0.4, -0.2) is 62.0 Å². The SMILES string of the molecule is CC(C)(C)OC(=O)NCCOc1ccc(-c2ccc(C(=O)N3CCOCC3)cc2)cc1C(F)(F)F. The molecule has 3 rings (SSSR count). The molecule has 35 heavy (non-hydrogen) atoms. The minimum absolute atomic E-state index is 0.0212. The summed E-state index contributed by atoms with van der Waals surface area (Å²) < 4.78 is 56.8. The Kier molecular flexibility index (Phi) is 8.26. The molecule has 0 spiro atoms. The van der Waals surface area contributed by atoms with Crippen molar-refractivity contribution >= 4 is 12.0 Å². The van der Waals surface area contributed by atoms with Gasteiger partial charge in [0.1, 0.15) is 18.0 Å². The average molecular weight is 495 g/mol. The van der Waals surface area contributed by atoms with Crippen LogP contribution in [0.25, 0.3) is 11.1 Å². The minimum Gasteiger partial charge on any atom is -0.491 e. The molecule has 190 valence electrons. The fraction of sp³-hybridized carbons (Fsp3) is 0.440. The number of morpholine rings is 1. The maximum Gasteiger partial charge on any atom is 0.419 e. The molecule has 0 radical (unpaired) electrons. The molecule has 0 atom stereocenters. The van der Waals surface area contributed by atoms with Gasteiger partial charge in [-0.1, -0.05) is 18.2 Å². The summed E-state index contributed by atoms with van der Waals surface area (Å²) in [6.07, 6.45) is -5.32. The first-order valence-electron chi connectivity index (χ1n) is 11.2. The third-order valence-corrected chi connectivity index (χ3v) is 5.08. The predicted molar refractivity (Wildman–Crippen MR) is 123 cm³/mol. The van der Waals surface area contributed by atoms with Crippen LogP contribution in [0.3, 0.4) is 0 Å². The van der Waals surface area contributed by atoms with Crippen molar-refractivity contribution in [2.45, 2.75) is 32.5 Å². The number of halogens is 3. The molecule has 2 aromatic rings. The van der Waals surface area contributed by atoms with Crippen LogP contribution in [0.4, 0.5) is 18.0 Å². The highest BCUT2D eigenvalue weighted by Gasteiger charge is 2.35. The molecule has 1 aliphatic rings. The standard InChI is InChI=1S/C25H29F3N2O5/c1-24(2,3)35-23(32)29-10-13-34-21-9-8-19(16-20(21)25(26,27)28)17-4-6-18(7-5-17)22(31)30-11-14-33-15-12-30/h4-9,16H,10-15H2,1-3H3,(H,29,32). The molecule has 1 fully saturated rings. The Balaban J connectivity index is 1.68. The van der Waals surface area contributed by atoms with Crippen LogP contribution in [0, 0.1) is 0 Å². The summed E-state index contributed by atoms with van der Waals surface area (Å²) in [6.45, 7) is 6.90. The number of benzene rings is 2. The number of carbonyl (C=O) groups is 2. The fourth-order valence-electron chi connectivity index (χ4n) is 3.44. The Morgan fingerprint density at radius 1 is 1.00 bits per heavy atom. The number of alkyl halides is 3.